The average Bonchev–Trinajstić information content (AvgIpc) is 3.55. The lowest BCUT2D eigenvalue weighted by Crippen LogP contribution is -2.32. The molecule has 3 aromatic heterocycles. The largest absolute Gasteiger partial charge is 0.489 e. The normalized spacial score (nSPS) is 12.5. The van der Waals surface area contributed by atoms with Crippen molar-refractivity contribution in [1.82, 2.24) is 24.5 Å². The molecule has 11 heteroatoms. The molecule has 0 radical (unpaired) electrons. The lowest BCUT2D eigenvalue weighted by Gasteiger charge is -2.27. The minimum atomic E-state index is -0.640. The van der Waals surface area contributed by atoms with Crippen molar-refractivity contribution in [3.05, 3.63) is 87.7 Å². The van der Waals surface area contributed by atoms with Crippen molar-refractivity contribution in [1.29, 1.82) is 5.26 Å². The summed E-state index contributed by atoms with van der Waals surface area (Å²) < 4.78 is 13.2. The molecule has 0 bridgehead atoms. The molecule has 4 rings (SSSR count). The minimum Gasteiger partial charge on any atom is -0.489 e. The second-order valence-electron chi connectivity index (χ2n) is 8.18. The Morgan fingerprint density at radius 1 is 1.31 bits per heavy atom. The average molecular weight is 488 g/mol. The summed E-state index contributed by atoms with van der Waals surface area (Å²) in [7, 11) is 3.13. The number of nitriles is 1. The predicted octanol–water partition coefficient (Wildman–Crippen LogP) is 3.05. The summed E-state index contributed by atoms with van der Waals surface area (Å²) in [5, 5.41) is 20.3. The molecule has 0 fully saturated rings. The summed E-state index contributed by atoms with van der Waals surface area (Å²) in [6, 6.07) is 9.54. The van der Waals surface area contributed by atoms with Gasteiger partial charge in [0.15, 0.2) is 5.69 Å². The number of methoxy groups -OCH3 is 1. The van der Waals surface area contributed by atoms with Crippen molar-refractivity contribution in [2.24, 2.45) is 7.05 Å². The van der Waals surface area contributed by atoms with E-state index in [1.165, 1.54) is 24.1 Å². The van der Waals surface area contributed by atoms with E-state index in [-0.39, 0.29) is 17.4 Å². The van der Waals surface area contributed by atoms with Crippen molar-refractivity contribution in [2.75, 3.05) is 12.4 Å². The maximum atomic E-state index is 13.4. The molecule has 1 amide bonds. The first-order valence-electron chi connectivity index (χ1n) is 11.3. The SMILES string of the molecule is CCn1c(C(C)C(c2cnn(C)c2)c2ccccc2C#N)nc(C(=O)Nc2cnoc2)c(OC)c1=O. The number of hydrogen-bond acceptors (Lipinski definition) is 8. The van der Waals surface area contributed by atoms with Gasteiger partial charge in [-0.15, -0.1) is 0 Å². The first kappa shape index (κ1) is 24.4. The van der Waals surface area contributed by atoms with Gasteiger partial charge in [0.1, 0.15) is 17.8 Å². The van der Waals surface area contributed by atoms with Gasteiger partial charge in [-0.3, -0.25) is 18.8 Å². The predicted molar refractivity (Wildman–Crippen MR) is 130 cm³/mol. The third kappa shape index (κ3) is 4.48. The summed E-state index contributed by atoms with van der Waals surface area (Å²) in [6.07, 6.45) is 6.19. The minimum absolute atomic E-state index is 0.159. The number of nitrogens with one attached hydrogen (secondary N) is 1. The van der Waals surface area contributed by atoms with Crippen molar-refractivity contribution in [3.63, 3.8) is 0 Å². The zero-order valence-electron chi connectivity index (χ0n) is 20.3. The molecule has 1 aromatic carbocycles. The fourth-order valence-electron chi connectivity index (χ4n) is 4.36. The number of hydrogen-bond donors (Lipinski definition) is 1. The maximum absolute atomic E-state index is 13.4. The van der Waals surface area contributed by atoms with Crippen LogP contribution in [0.15, 0.2) is 58.4 Å². The van der Waals surface area contributed by atoms with Gasteiger partial charge in [0.05, 0.1) is 31.1 Å². The number of rotatable bonds is 8. The van der Waals surface area contributed by atoms with Crippen molar-refractivity contribution < 1.29 is 14.1 Å². The van der Waals surface area contributed by atoms with E-state index >= 15 is 0 Å². The van der Waals surface area contributed by atoms with Crippen LogP contribution in [0.25, 0.3) is 0 Å². The number of aromatic nitrogens is 5. The molecule has 184 valence electrons. The van der Waals surface area contributed by atoms with E-state index in [1.807, 2.05) is 39.2 Å². The third-order valence-corrected chi connectivity index (χ3v) is 5.99. The zero-order valence-corrected chi connectivity index (χ0v) is 20.3. The highest BCUT2D eigenvalue weighted by molar-refractivity contribution is 6.04. The molecule has 0 spiro atoms. The van der Waals surface area contributed by atoms with Crippen LogP contribution in [0.2, 0.25) is 0 Å². The monoisotopic (exact) mass is 487 g/mol. The smallest absolute Gasteiger partial charge is 0.296 e. The molecule has 2 atom stereocenters. The van der Waals surface area contributed by atoms with Crippen LogP contribution in [0.1, 0.15) is 58.7 Å². The van der Waals surface area contributed by atoms with E-state index in [1.54, 1.807) is 23.0 Å². The summed E-state index contributed by atoms with van der Waals surface area (Å²) in [5.41, 5.74) is 1.79. The number of carbonyl (C=O) groups is 1. The van der Waals surface area contributed by atoms with Gasteiger partial charge in [-0.1, -0.05) is 30.3 Å². The Morgan fingerprint density at radius 3 is 2.69 bits per heavy atom. The molecular formula is C25H25N7O4. The number of benzene rings is 1. The van der Waals surface area contributed by atoms with Gasteiger partial charge in [0.2, 0.25) is 5.75 Å². The maximum Gasteiger partial charge on any atom is 0.296 e. The van der Waals surface area contributed by atoms with Gasteiger partial charge >= 0.3 is 0 Å². The molecule has 0 aliphatic rings. The fraction of sp³-hybridized carbons (Fsp3) is 0.280. The van der Waals surface area contributed by atoms with E-state index in [0.717, 1.165) is 11.1 Å². The van der Waals surface area contributed by atoms with Gasteiger partial charge in [-0.05, 0) is 24.1 Å². The van der Waals surface area contributed by atoms with Gasteiger partial charge in [-0.25, -0.2) is 4.98 Å². The highest BCUT2D eigenvalue weighted by atomic mass is 16.5. The topological polar surface area (TPSA) is 141 Å². The quantitative estimate of drug-likeness (QED) is 0.400. The standard InChI is InChI=1S/C25H25N7O4/c1-5-32-23(30-21(22(35-4)25(32)34)24(33)29-18-12-28-36-14-18)15(2)20(17-11-27-31(3)13-17)19-9-7-6-8-16(19)10-26/h6-9,11-15,20H,5H2,1-4H3,(H,29,33). The van der Waals surface area contributed by atoms with Crippen LogP contribution in [0, 0.1) is 11.3 Å². The van der Waals surface area contributed by atoms with E-state index in [2.05, 4.69) is 26.6 Å². The number of ether oxygens (including phenoxy) is 1. The molecule has 3 heterocycles. The molecule has 0 aliphatic carbocycles. The van der Waals surface area contributed by atoms with E-state index in [9.17, 15) is 14.9 Å². The Labute approximate surface area is 206 Å². The summed E-state index contributed by atoms with van der Waals surface area (Å²) in [6.45, 7) is 4.03. The number of amides is 1. The highest BCUT2D eigenvalue weighted by Crippen LogP contribution is 2.39. The Kier molecular flexibility index (Phi) is 6.96. The van der Waals surface area contributed by atoms with Gasteiger partial charge in [0.25, 0.3) is 11.5 Å². The molecule has 0 aliphatic heterocycles. The number of carbonyl (C=O) groups excluding carboxylic acids is 1. The van der Waals surface area contributed by atoms with Crippen LogP contribution in [0.4, 0.5) is 5.69 Å². The first-order chi connectivity index (χ1) is 17.4. The fourth-order valence-corrected chi connectivity index (χ4v) is 4.36. The van der Waals surface area contributed by atoms with Crippen LogP contribution in [-0.4, -0.2) is 37.5 Å². The molecule has 0 saturated carbocycles. The van der Waals surface area contributed by atoms with Crippen LogP contribution in [0.5, 0.6) is 5.75 Å². The molecule has 0 saturated heterocycles. The molecular weight excluding hydrogens is 462 g/mol. The Morgan fingerprint density at radius 2 is 2.08 bits per heavy atom. The second-order valence-corrected chi connectivity index (χ2v) is 8.18. The van der Waals surface area contributed by atoms with E-state index in [4.69, 9.17) is 9.26 Å². The zero-order chi connectivity index (χ0) is 25.8. The Balaban J connectivity index is 1.91. The Hall–Kier alpha value is -4.72. The third-order valence-electron chi connectivity index (χ3n) is 5.99. The summed E-state index contributed by atoms with van der Waals surface area (Å²) in [4.78, 5) is 31.2. The van der Waals surface area contributed by atoms with E-state index < -0.39 is 17.4 Å². The van der Waals surface area contributed by atoms with Crippen molar-refractivity contribution in [3.8, 4) is 11.8 Å². The molecule has 2 unspecified atom stereocenters. The van der Waals surface area contributed by atoms with Crippen molar-refractivity contribution in [2.45, 2.75) is 32.2 Å². The molecule has 36 heavy (non-hydrogen) atoms. The van der Waals surface area contributed by atoms with E-state index in [0.29, 0.717) is 23.6 Å². The van der Waals surface area contributed by atoms with Crippen LogP contribution < -0.4 is 15.6 Å². The van der Waals surface area contributed by atoms with Crippen molar-refractivity contribution >= 4 is 11.6 Å². The summed E-state index contributed by atoms with van der Waals surface area (Å²) in [5.74, 6) is -1.23. The van der Waals surface area contributed by atoms with Gasteiger partial charge in [-0.2, -0.15) is 10.4 Å². The van der Waals surface area contributed by atoms with Crippen LogP contribution in [0.3, 0.4) is 0 Å². The number of nitrogens with zero attached hydrogens (tertiary/aromatic N) is 6. The number of aryl methyl sites for hydroxylation is 1. The lowest BCUT2D eigenvalue weighted by atomic mass is 9.80. The second kappa shape index (κ2) is 10.3. The van der Waals surface area contributed by atoms with Gasteiger partial charge in [0, 0.05) is 31.6 Å². The van der Waals surface area contributed by atoms with Crippen LogP contribution >= 0.6 is 0 Å². The Bertz CT molecular complexity index is 1480. The van der Waals surface area contributed by atoms with Crippen LogP contribution in [-0.2, 0) is 13.6 Å². The lowest BCUT2D eigenvalue weighted by molar-refractivity contribution is 0.101. The molecule has 4 aromatic rings. The molecule has 11 nitrogen and oxygen atoms in total. The number of anilines is 1. The highest BCUT2D eigenvalue weighted by Gasteiger charge is 2.32. The molecule has 1 N–H and O–H groups in total. The first-order valence-corrected chi connectivity index (χ1v) is 11.3. The summed E-state index contributed by atoms with van der Waals surface area (Å²) >= 11 is 0. The van der Waals surface area contributed by atoms with Gasteiger partial charge < -0.3 is 14.6 Å².